The minimum atomic E-state index is -0.742. The second kappa shape index (κ2) is 17.2. The van der Waals surface area contributed by atoms with Crippen LogP contribution in [0.5, 0.6) is 17.2 Å². The van der Waals surface area contributed by atoms with Crippen LogP contribution >= 0.6 is 0 Å². The zero-order chi connectivity index (χ0) is 33.9. The number of aromatic hydroxyl groups is 2. The lowest BCUT2D eigenvalue weighted by atomic mass is 9.87. The first-order valence-corrected chi connectivity index (χ1v) is 16.8. The van der Waals surface area contributed by atoms with E-state index in [4.69, 9.17) is 4.74 Å². The number of anilines is 1. The molecule has 0 saturated heterocycles. The van der Waals surface area contributed by atoms with Crippen LogP contribution in [0.2, 0.25) is 0 Å². The second-order valence-corrected chi connectivity index (χ2v) is 12.8. The fraction of sp³-hybridized carbons (Fsp3) is 0.400. The van der Waals surface area contributed by atoms with E-state index >= 15 is 0 Å². The van der Waals surface area contributed by atoms with Crippen LogP contribution in [0.4, 0.5) is 5.69 Å². The van der Waals surface area contributed by atoms with Gasteiger partial charge in [0.2, 0.25) is 0 Å². The molecule has 0 aliphatic rings. The van der Waals surface area contributed by atoms with Crippen LogP contribution < -0.4 is 15.0 Å². The molecule has 0 radical (unpaired) electrons. The molecular weight excluding hydrogens is 588 g/mol. The summed E-state index contributed by atoms with van der Waals surface area (Å²) in [5.74, 6) is 1.24. The number of hydrogen-bond donors (Lipinski definition) is 5. The summed E-state index contributed by atoms with van der Waals surface area (Å²) in [6.07, 6.45) is 1.63. The molecule has 4 rings (SSSR count). The van der Waals surface area contributed by atoms with Gasteiger partial charge in [-0.1, -0.05) is 49.4 Å². The quantitative estimate of drug-likeness (QED) is 0.0775. The van der Waals surface area contributed by atoms with Gasteiger partial charge in [0, 0.05) is 47.8 Å². The fourth-order valence-electron chi connectivity index (χ4n) is 6.37. The molecule has 0 aliphatic heterocycles. The highest BCUT2D eigenvalue weighted by Crippen LogP contribution is 2.36. The number of aliphatic hydroxyl groups excluding tert-OH is 2. The van der Waals surface area contributed by atoms with E-state index in [1.807, 2.05) is 30.3 Å². The first-order valence-electron chi connectivity index (χ1n) is 16.8. The smallest absolute Gasteiger partial charge is 0.121 e. The minimum Gasteiger partial charge on any atom is -0.508 e. The number of aliphatic hydroxyl groups is 2. The molecule has 0 amide bonds. The van der Waals surface area contributed by atoms with E-state index in [1.54, 1.807) is 12.1 Å². The summed E-state index contributed by atoms with van der Waals surface area (Å²) in [5.41, 5.74) is 6.66. The molecule has 0 saturated carbocycles. The molecule has 5 N–H and O–H groups in total. The van der Waals surface area contributed by atoms with Crippen LogP contribution in [-0.4, -0.2) is 52.2 Å². The molecule has 0 aliphatic carbocycles. The van der Waals surface area contributed by atoms with E-state index in [0.717, 1.165) is 41.7 Å². The molecule has 0 heterocycles. The number of ether oxygens (including phenoxy) is 1. The molecular formula is C40H52N2O5. The number of nitrogens with one attached hydrogen (secondary N) is 1. The number of benzene rings is 4. The first kappa shape index (κ1) is 35.8. The normalized spacial score (nSPS) is 12.8. The van der Waals surface area contributed by atoms with Gasteiger partial charge in [-0.05, 0) is 112 Å². The molecule has 4 aromatic carbocycles. The standard InChI is InChI=1S/C40H52N2O5/c1-6-36(31-10-8-11-34(24-31)42(27(2)3)28(4)5)37-22-30(13-15-39(37)45)18-20-47-35-12-7-9-29(21-35)17-19-41-25-40(46)32-14-16-38(44)33(23-32)26-43/h7-16,21-24,27-28,36,40-41,43-46H,6,17-20,25-26H2,1-5H3/t36-,40+/m1/s1. The van der Waals surface area contributed by atoms with Crippen LogP contribution in [0.25, 0.3) is 0 Å². The predicted molar refractivity (Wildman–Crippen MR) is 191 cm³/mol. The number of phenols is 2. The average molecular weight is 641 g/mol. The SMILES string of the molecule is CC[C@H](c1cccc(N(C(C)C)C(C)C)c1)c1cc(CCOc2cccc(CCNC[C@H](O)c3ccc(O)c(CO)c3)c2)ccc1O. The molecule has 7 nitrogen and oxygen atoms in total. The van der Waals surface area contributed by atoms with Crippen molar-refractivity contribution in [2.75, 3.05) is 24.6 Å². The molecule has 0 spiro atoms. The van der Waals surface area contributed by atoms with E-state index < -0.39 is 6.10 Å². The Morgan fingerprint density at radius 3 is 2.21 bits per heavy atom. The Labute approximate surface area is 280 Å². The van der Waals surface area contributed by atoms with Gasteiger partial charge in [0.05, 0.1) is 19.3 Å². The van der Waals surface area contributed by atoms with Crippen molar-refractivity contribution in [1.82, 2.24) is 5.32 Å². The highest BCUT2D eigenvalue weighted by molar-refractivity contribution is 5.53. The third-order valence-corrected chi connectivity index (χ3v) is 8.70. The van der Waals surface area contributed by atoms with Crippen molar-refractivity contribution >= 4 is 5.69 Å². The Hall–Kier alpha value is -4.04. The molecule has 2 atom stereocenters. The summed E-state index contributed by atoms with van der Waals surface area (Å²) in [5, 5.41) is 43.8. The van der Waals surface area contributed by atoms with E-state index in [0.29, 0.717) is 48.7 Å². The summed E-state index contributed by atoms with van der Waals surface area (Å²) in [6, 6.07) is 28.3. The van der Waals surface area contributed by atoms with Gasteiger partial charge >= 0.3 is 0 Å². The molecule has 252 valence electrons. The molecule has 0 unspecified atom stereocenters. The Bertz CT molecular complexity index is 1560. The van der Waals surface area contributed by atoms with Gasteiger partial charge in [-0.25, -0.2) is 0 Å². The lowest BCUT2D eigenvalue weighted by Gasteiger charge is -2.34. The zero-order valence-corrected chi connectivity index (χ0v) is 28.5. The third kappa shape index (κ3) is 9.74. The Morgan fingerprint density at radius 1 is 0.766 bits per heavy atom. The van der Waals surface area contributed by atoms with Crippen LogP contribution in [-0.2, 0) is 19.4 Å². The number of hydrogen-bond acceptors (Lipinski definition) is 7. The summed E-state index contributed by atoms with van der Waals surface area (Å²) in [4.78, 5) is 2.42. The summed E-state index contributed by atoms with van der Waals surface area (Å²) < 4.78 is 6.14. The van der Waals surface area contributed by atoms with Crippen molar-refractivity contribution in [3.8, 4) is 17.2 Å². The molecule has 4 aromatic rings. The molecule has 0 fully saturated rings. The van der Waals surface area contributed by atoms with Gasteiger partial charge in [0.15, 0.2) is 0 Å². The van der Waals surface area contributed by atoms with Crippen LogP contribution in [0, 0.1) is 0 Å². The van der Waals surface area contributed by atoms with Crippen molar-refractivity contribution in [2.24, 2.45) is 0 Å². The van der Waals surface area contributed by atoms with Crippen molar-refractivity contribution in [2.45, 2.75) is 84.6 Å². The van der Waals surface area contributed by atoms with Gasteiger partial charge in [0.25, 0.3) is 0 Å². The summed E-state index contributed by atoms with van der Waals surface area (Å²) in [7, 11) is 0. The van der Waals surface area contributed by atoms with Gasteiger partial charge in [0.1, 0.15) is 17.2 Å². The van der Waals surface area contributed by atoms with Gasteiger partial charge < -0.3 is 35.4 Å². The lowest BCUT2D eigenvalue weighted by molar-refractivity contribution is 0.174. The zero-order valence-electron chi connectivity index (χ0n) is 28.5. The van der Waals surface area contributed by atoms with Crippen molar-refractivity contribution in [3.05, 3.63) is 118 Å². The van der Waals surface area contributed by atoms with Crippen molar-refractivity contribution in [1.29, 1.82) is 0 Å². The maximum Gasteiger partial charge on any atom is 0.121 e. The summed E-state index contributed by atoms with van der Waals surface area (Å²) in [6.45, 7) is 12.3. The first-order chi connectivity index (χ1) is 22.6. The monoisotopic (exact) mass is 640 g/mol. The largest absolute Gasteiger partial charge is 0.508 e. The van der Waals surface area contributed by atoms with Gasteiger partial charge in [-0.15, -0.1) is 0 Å². The van der Waals surface area contributed by atoms with Crippen LogP contribution in [0.15, 0.2) is 84.9 Å². The fourth-order valence-corrected chi connectivity index (χ4v) is 6.37. The Morgan fingerprint density at radius 2 is 1.49 bits per heavy atom. The third-order valence-electron chi connectivity index (χ3n) is 8.70. The Kier molecular flexibility index (Phi) is 13.1. The number of rotatable bonds is 17. The van der Waals surface area contributed by atoms with Crippen LogP contribution in [0.3, 0.4) is 0 Å². The van der Waals surface area contributed by atoms with E-state index in [2.05, 4.69) is 81.2 Å². The highest BCUT2D eigenvalue weighted by Gasteiger charge is 2.20. The molecule has 0 bridgehead atoms. The summed E-state index contributed by atoms with van der Waals surface area (Å²) >= 11 is 0. The minimum absolute atomic E-state index is 0.0218. The highest BCUT2D eigenvalue weighted by atomic mass is 16.5. The average Bonchev–Trinajstić information content (AvgIpc) is 3.05. The molecule has 7 heteroatoms. The van der Waals surface area contributed by atoms with Crippen LogP contribution in [0.1, 0.15) is 86.4 Å². The second-order valence-electron chi connectivity index (χ2n) is 12.8. The Balaban J connectivity index is 1.32. The van der Waals surface area contributed by atoms with E-state index in [-0.39, 0.29) is 18.3 Å². The van der Waals surface area contributed by atoms with Gasteiger partial charge in [-0.2, -0.15) is 0 Å². The van der Waals surface area contributed by atoms with E-state index in [9.17, 15) is 20.4 Å². The maximum absolute atomic E-state index is 10.9. The molecule has 47 heavy (non-hydrogen) atoms. The topological polar surface area (TPSA) is 105 Å². The van der Waals surface area contributed by atoms with Gasteiger partial charge in [-0.3, -0.25) is 0 Å². The van der Waals surface area contributed by atoms with Crippen molar-refractivity contribution < 1.29 is 25.2 Å². The molecule has 0 aromatic heterocycles. The maximum atomic E-state index is 10.9. The number of phenolic OH excluding ortho intramolecular Hbond substituents is 1. The van der Waals surface area contributed by atoms with E-state index in [1.165, 1.54) is 17.3 Å². The van der Waals surface area contributed by atoms with Crippen molar-refractivity contribution in [3.63, 3.8) is 0 Å². The lowest BCUT2D eigenvalue weighted by Crippen LogP contribution is -2.37. The predicted octanol–water partition coefficient (Wildman–Crippen LogP) is 7.24. The number of nitrogens with zero attached hydrogens (tertiary/aromatic N) is 1.